The molecule has 0 spiro atoms. The summed E-state index contributed by atoms with van der Waals surface area (Å²) >= 11 is 1.71. The molecule has 1 saturated heterocycles. The van der Waals surface area contributed by atoms with Gasteiger partial charge in [-0.25, -0.2) is 9.97 Å². The fourth-order valence-electron chi connectivity index (χ4n) is 2.65. The van der Waals surface area contributed by atoms with Crippen molar-refractivity contribution in [3.05, 3.63) is 18.5 Å². The summed E-state index contributed by atoms with van der Waals surface area (Å²) in [6.07, 6.45) is 7.26. The maximum Gasteiger partial charge on any atom is 0.236 e. The molecule has 2 heterocycles. The van der Waals surface area contributed by atoms with Gasteiger partial charge in [0.25, 0.3) is 0 Å². The highest BCUT2D eigenvalue weighted by atomic mass is 32.2. The first-order valence-corrected chi connectivity index (χ1v) is 9.86. The predicted octanol–water partition coefficient (Wildman–Crippen LogP) is 0.185. The van der Waals surface area contributed by atoms with E-state index in [0.717, 1.165) is 57.3 Å². The Balaban J connectivity index is 1.57. The minimum absolute atomic E-state index is 0.0323. The van der Waals surface area contributed by atoms with E-state index in [9.17, 15) is 4.79 Å². The summed E-state index contributed by atoms with van der Waals surface area (Å²) in [6, 6.07) is 1.45. The SMILES string of the molecule is CSCCC(N)C(=O)NCCCN1CCN(c2ncccn2)CC1. The Bertz CT molecular complexity index is 481. The minimum Gasteiger partial charge on any atom is -0.355 e. The summed E-state index contributed by atoms with van der Waals surface area (Å²) in [4.78, 5) is 25.0. The van der Waals surface area contributed by atoms with Crippen molar-refractivity contribution in [2.75, 3.05) is 56.2 Å². The van der Waals surface area contributed by atoms with Gasteiger partial charge in [0.15, 0.2) is 0 Å². The molecule has 1 aliphatic heterocycles. The van der Waals surface area contributed by atoms with E-state index >= 15 is 0 Å². The van der Waals surface area contributed by atoms with E-state index in [1.165, 1.54) is 0 Å². The van der Waals surface area contributed by atoms with Crippen molar-refractivity contribution in [3.8, 4) is 0 Å². The molecule has 1 unspecified atom stereocenters. The molecule has 7 nitrogen and oxygen atoms in total. The van der Waals surface area contributed by atoms with Gasteiger partial charge in [-0.2, -0.15) is 11.8 Å². The van der Waals surface area contributed by atoms with Gasteiger partial charge in [0.1, 0.15) is 0 Å². The lowest BCUT2D eigenvalue weighted by Gasteiger charge is -2.34. The summed E-state index contributed by atoms with van der Waals surface area (Å²) in [5, 5.41) is 2.94. The number of rotatable bonds is 9. The van der Waals surface area contributed by atoms with Crippen LogP contribution in [0.15, 0.2) is 18.5 Å². The Kier molecular flexibility index (Phi) is 8.27. The average Bonchev–Trinajstić information content (AvgIpc) is 2.64. The molecule has 8 heteroatoms. The second-order valence-electron chi connectivity index (χ2n) is 5.91. The molecule has 2 rings (SSSR count). The monoisotopic (exact) mass is 352 g/mol. The summed E-state index contributed by atoms with van der Waals surface area (Å²) in [6.45, 7) is 5.56. The van der Waals surface area contributed by atoms with Gasteiger partial charge in [-0.1, -0.05) is 0 Å². The van der Waals surface area contributed by atoms with Crippen molar-refractivity contribution in [1.29, 1.82) is 0 Å². The Morgan fingerprint density at radius 2 is 2.04 bits per heavy atom. The van der Waals surface area contributed by atoms with Gasteiger partial charge in [0, 0.05) is 45.1 Å². The molecule has 0 bridgehead atoms. The molecule has 1 aliphatic rings. The minimum atomic E-state index is -0.383. The molecule has 1 aromatic heterocycles. The lowest BCUT2D eigenvalue weighted by Crippen LogP contribution is -2.48. The highest BCUT2D eigenvalue weighted by Gasteiger charge is 2.18. The number of aromatic nitrogens is 2. The predicted molar refractivity (Wildman–Crippen MR) is 99.3 cm³/mol. The molecule has 1 amide bonds. The molecule has 3 N–H and O–H groups in total. The topological polar surface area (TPSA) is 87.4 Å². The number of hydrogen-bond acceptors (Lipinski definition) is 7. The van der Waals surface area contributed by atoms with Gasteiger partial charge in [-0.15, -0.1) is 0 Å². The van der Waals surface area contributed by atoms with Gasteiger partial charge in [-0.3, -0.25) is 9.69 Å². The normalized spacial score (nSPS) is 16.8. The third-order valence-electron chi connectivity index (χ3n) is 4.13. The number of amides is 1. The van der Waals surface area contributed by atoms with Crippen LogP contribution in [0.2, 0.25) is 0 Å². The molecule has 0 aromatic carbocycles. The van der Waals surface area contributed by atoms with Crippen LogP contribution in [0.4, 0.5) is 5.95 Å². The third kappa shape index (κ3) is 6.26. The van der Waals surface area contributed by atoms with E-state index in [0.29, 0.717) is 6.54 Å². The Hall–Kier alpha value is -1.38. The Morgan fingerprint density at radius 1 is 1.33 bits per heavy atom. The average molecular weight is 353 g/mol. The number of thioether (sulfide) groups is 1. The molecule has 24 heavy (non-hydrogen) atoms. The lowest BCUT2D eigenvalue weighted by atomic mass is 10.2. The van der Waals surface area contributed by atoms with Crippen molar-refractivity contribution < 1.29 is 4.79 Å². The maximum absolute atomic E-state index is 11.8. The lowest BCUT2D eigenvalue weighted by molar-refractivity contribution is -0.122. The van der Waals surface area contributed by atoms with Crippen molar-refractivity contribution >= 4 is 23.6 Å². The number of nitrogens with zero attached hydrogens (tertiary/aromatic N) is 4. The van der Waals surface area contributed by atoms with E-state index < -0.39 is 0 Å². The number of nitrogens with two attached hydrogens (primary N) is 1. The second-order valence-corrected chi connectivity index (χ2v) is 6.90. The molecule has 134 valence electrons. The van der Waals surface area contributed by atoms with Crippen LogP contribution >= 0.6 is 11.8 Å². The molecule has 1 aromatic rings. The summed E-state index contributed by atoms with van der Waals surface area (Å²) in [5.41, 5.74) is 5.85. The van der Waals surface area contributed by atoms with Crippen molar-refractivity contribution in [2.24, 2.45) is 5.73 Å². The van der Waals surface area contributed by atoms with Crippen LogP contribution in [0, 0.1) is 0 Å². The third-order valence-corrected chi connectivity index (χ3v) is 4.77. The Labute approximate surface area is 148 Å². The number of nitrogens with one attached hydrogen (secondary N) is 1. The molecule has 0 aliphatic carbocycles. The largest absolute Gasteiger partial charge is 0.355 e. The fourth-order valence-corrected chi connectivity index (χ4v) is 3.14. The molecular weight excluding hydrogens is 324 g/mol. The van der Waals surface area contributed by atoms with Gasteiger partial charge >= 0.3 is 0 Å². The smallest absolute Gasteiger partial charge is 0.236 e. The fraction of sp³-hybridized carbons (Fsp3) is 0.688. The zero-order chi connectivity index (χ0) is 17.2. The summed E-state index contributed by atoms with van der Waals surface area (Å²) < 4.78 is 0. The molecule has 1 atom stereocenters. The van der Waals surface area contributed by atoms with E-state index in [1.807, 2.05) is 12.3 Å². The molecular formula is C16H28N6OS. The van der Waals surface area contributed by atoms with Gasteiger partial charge < -0.3 is 16.0 Å². The van der Waals surface area contributed by atoms with E-state index in [4.69, 9.17) is 5.73 Å². The van der Waals surface area contributed by atoms with Crippen LogP contribution in [0.25, 0.3) is 0 Å². The molecule has 0 saturated carbocycles. The summed E-state index contributed by atoms with van der Waals surface area (Å²) in [7, 11) is 0. The van der Waals surface area contributed by atoms with Crippen LogP contribution in [-0.2, 0) is 4.79 Å². The first-order valence-electron chi connectivity index (χ1n) is 8.47. The van der Waals surface area contributed by atoms with Gasteiger partial charge in [-0.05, 0) is 37.5 Å². The number of hydrogen-bond donors (Lipinski definition) is 2. The number of anilines is 1. The first kappa shape index (κ1) is 19.0. The van der Waals surface area contributed by atoms with Gasteiger partial charge in [0.2, 0.25) is 11.9 Å². The van der Waals surface area contributed by atoms with Crippen molar-refractivity contribution in [1.82, 2.24) is 20.2 Å². The highest BCUT2D eigenvalue weighted by molar-refractivity contribution is 7.98. The molecule has 1 fully saturated rings. The van der Waals surface area contributed by atoms with Crippen molar-refractivity contribution in [2.45, 2.75) is 18.9 Å². The summed E-state index contributed by atoms with van der Waals surface area (Å²) in [5.74, 6) is 1.70. The van der Waals surface area contributed by atoms with E-state index in [1.54, 1.807) is 24.2 Å². The quantitative estimate of drug-likeness (QED) is 0.613. The van der Waals surface area contributed by atoms with Crippen LogP contribution < -0.4 is 16.0 Å². The number of carbonyl (C=O) groups excluding carboxylic acids is 1. The second kappa shape index (κ2) is 10.5. The first-order chi connectivity index (χ1) is 11.7. The maximum atomic E-state index is 11.8. The van der Waals surface area contributed by atoms with Crippen LogP contribution in [-0.4, -0.2) is 78.1 Å². The van der Waals surface area contributed by atoms with Crippen LogP contribution in [0.3, 0.4) is 0 Å². The van der Waals surface area contributed by atoms with E-state index in [2.05, 4.69) is 25.1 Å². The zero-order valence-electron chi connectivity index (χ0n) is 14.4. The zero-order valence-corrected chi connectivity index (χ0v) is 15.2. The van der Waals surface area contributed by atoms with Crippen molar-refractivity contribution in [3.63, 3.8) is 0 Å². The standard InChI is InChI=1S/C16H28N6OS/c1-24-13-4-14(17)15(23)18-7-3-8-21-9-11-22(12-10-21)16-19-5-2-6-20-16/h2,5-6,14H,3-4,7-13,17H2,1H3,(H,18,23). The van der Waals surface area contributed by atoms with Crippen LogP contribution in [0.5, 0.6) is 0 Å². The number of carbonyl (C=O) groups is 1. The highest BCUT2D eigenvalue weighted by Crippen LogP contribution is 2.09. The van der Waals surface area contributed by atoms with E-state index in [-0.39, 0.29) is 11.9 Å². The Morgan fingerprint density at radius 3 is 2.71 bits per heavy atom. The van der Waals surface area contributed by atoms with Crippen LogP contribution in [0.1, 0.15) is 12.8 Å². The van der Waals surface area contributed by atoms with Gasteiger partial charge in [0.05, 0.1) is 6.04 Å². The number of piperazine rings is 1. The molecule has 0 radical (unpaired) electrons.